The summed E-state index contributed by atoms with van der Waals surface area (Å²) in [6.07, 6.45) is 2.76. The van der Waals surface area contributed by atoms with E-state index >= 15 is 0 Å². The Kier molecular flexibility index (Phi) is 6.58. The fraction of sp³-hybridized carbons (Fsp3) is 0.600. The molecule has 9 heteroatoms. The van der Waals surface area contributed by atoms with Crippen LogP contribution in [0.3, 0.4) is 0 Å². The van der Waals surface area contributed by atoms with Gasteiger partial charge in [0.15, 0.2) is 0 Å². The van der Waals surface area contributed by atoms with Gasteiger partial charge in [0.2, 0.25) is 15.9 Å². The summed E-state index contributed by atoms with van der Waals surface area (Å²) in [5.74, 6) is -1.24. The first-order valence-corrected chi connectivity index (χ1v) is 11.5. The Morgan fingerprint density at radius 1 is 1.10 bits per heavy atom. The van der Waals surface area contributed by atoms with E-state index in [2.05, 4.69) is 5.32 Å². The summed E-state index contributed by atoms with van der Waals surface area (Å²) in [6, 6.07) is 3.34. The molecule has 0 bridgehead atoms. The summed E-state index contributed by atoms with van der Waals surface area (Å²) in [5.41, 5.74) is 0.116. The van der Waals surface area contributed by atoms with Gasteiger partial charge in [-0.1, -0.05) is 13.8 Å². The highest BCUT2D eigenvalue weighted by molar-refractivity contribution is 7.89. The van der Waals surface area contributed by atoms with Crippen molar-refractivity contribution in [1.82, 2.24) is 14.5 Å². The summed E-state index contributed by atoms with van der Waals surface area (Å²) >= 11 is 0. The highest BCUT2D eigenvalue weighted by Crippen LogP contribution is 2.24. The fourth-order valence-corrected chi connectivity index (χ4v) is 5.40. The van der Waals surface area contributed by atoms with Crippen LogP contribution in [0, 0.1) is 11.7 Å². The molecule has 0 aromatic heterocycles. The van der Waals surface area contributed by atoms with E-state index in [0.717, 1.165) is 25.0 Å². The van der Waals surface area contributed by atoms with Crippen LogP contribution in [-0.4, -0.2) is 61.7 Å². The Labute approximate surface area is 171 Å². The van der Waals surface area contributed by atoms with Gasteiger partial charge in [0.05, 0.1) is 0 Å². The lowest BCUT2D eigenvalue weighted by molar-refractivity contribution is -0.135. The van der Waals surface area contributed by atoms with Crippen LogP contribution >= 0.6 is 0 Å². The van der Waals surface area contributed by atoms with Crippen molar-refractivity contribution < 1.29 is 22.4 Å². The van der Waals surface area contributed by atoms with Crippen molar-refractivity contribution in [1.29, 1.82) is 0 Å². The van der Waals surface area contributed by atoms with E-state index in [9.17, 15) is 22.4 Å². The van der Waals surface area contributed by atoms with E-state index in [0.29, 0.717) is 39.0 Å². The molecule has 0 unspecified atom stereocenters. The van der Waals surface area contributed by atoms with E-state index < -0.39 is 26.6 Å². The minimum atomic E-state index is -3.95. The molecule has 0 radical (unpaired) electrons. The van der Waals surface area contributed by atoms with E-state index in [1.165, 1.54) is 10.4 Å². The average Bonchev–Trinajstić information content (AvgIpc) is 3.24. The summed E-state index contributed by atoms with van der Waals surface area (Å²) in [5, 5.41) is 2.88. The van der Waals surface area contributed by atoms with Crippen molar-refractivity contribution in [2.75, 3.05) is 26.2 Å². The van der Waals surface area contributed by atoms with E-state index in [-0.39, 0.29) is 23.4 Å². The number of carbonyl (C=O) groups excluding carboxylic acids is 2. The molecule has 7 nitrogen and oxygen atoms in total. The molecule has 0 saturated carbocycles. The fourth-order valence-electron chi connectivity index (χ4n) is 3.79. The van der Waals surface area contributed by atoms with Gasteiger partial charge in [-0.3, -0.25) is 9.59 Å². The molecule has 0 atom stereocenters. The SMILES string of the molecule is CC(C)C(=O)N1CCC(NC(=O)c2ccc(F)c(S(=O)(=O)N3CCCC3)c2)CC1. The molecule has 0 aliphatic carbocycles. The lowest BCUT2D eigenvalue weighted by Gasteiger charge is -2.33. The van der Waals surface area contributed by atoms with Crippen LogP contribution in [0.15, 0.2) is 23.1 Å². The maximum absolute atomic E-state index is 14.2. The second-order valence-electron chi connectivity index (χ2n) is 7.98. The second kappa shape index (κ2) is 8.79. The Bertz CT molecular complexity index is 874. The molecule has 1 aromatic rings. The number of carbonyl (C=O) groups is 2. The molecule has 2 heterocycles. The van der Waals surface area contributed by atoms with Gasteiger partial charge >= 0.3 is 0 Å². The highest BCUT2D eigenvalue weighted by atomic mass is 32.2. The van der Waals surface area contributed by atoms with Crippen LogP contribution in [0.1, 0.15) is 49.9 Å². The number of nitrogens with zero attached hydrogens (tertiary/aromatic N) is 2. The summed E-state index contributed by atoms with van der Waals surface area (Å²) in [7, 11) is -3.95. The van der Waals surface area contributed by atoms with E-state index in [4.69, 9.17) is 0 Å². The minimum absolute atomic E-state index is 0.0590. The van der Waals surface area contributed by atoms with E-state index in [1.807, 2.05) is 13.8 Å². The molecule has 160 valence electrons. The molecular formula is C20H28FN3O4S. The number of likely N-dealkylation sites (tertiary alicyclic amines) is 1. The van der Waals surface area contributed by atoms with Gasteiger partial charge in [0.25, 0.3) is 5.91 Å². The molecule has 2 saturated heterocycles. The van der Waals surface area contributed by atoms with Gasteiger partial charge in [-0.2, -0.15) is 4.31 Å². The first kappa shape index (κ1) is 21.7. The minimum Gasteiger partial charge on any atom is -0.349 e. The molecule has 2 aliphatic rings. The maximum Gasteiger partial charge on any atom is 0.251 e. The monoisotopic (exact) mass is 425 g/mol. The quantitative estimate of drug-likeness (QED) is 0.782. The molecule has 2 aliphatic heterocycles. The topological polar surface area (TPSA) is 86.8 Å². The van der Waals surface area contributed by atoms with Crippen molar-refractivity contribution in [2.24, 2.45) is 5.92 Å². The number of hydrogen-bond acceptors (Lipinski definition) is 4. The van der Waals surface area contributed by atoms with Crippen LogP contribution in [0.5, 0.6) is 0 Å². The highest BCUT2D eigenvalue weighted by Gasteiger charge is 2.31. The second-order valence-corrected chi connectivity index (χ2v) is 9.89. The summed E-state index contributed by atoms with van der Waals surface area (Å²) in [6.45, 7) is 5.59. The zero-order valence-electron chi connectivity index (χ0n) is 16.9. The van der Waals surface area contributed by atoms with Crippen LogP contribution in [0.25, 0.3) is 0 Å². The van der Waals surface area contributed by atoms with Crippen LogP contribution in [0.4, 0.5) is 4.39 Å². The van der Waals surface area contributed by atoms with Crippen LogP contribution in [-0.2, 0) is 14.8 Å². The maximum atomic E-state index is 14.2. The zero-order chi connectivity index (χ0) is 21.2. The van der Waals surface area contributed by atoms with Gasteiger partial charge in [-0.25, -0.2) is 12.8 Å². The first-order chi connectivity index (χ1) is 13.7. The average molecular weight is 426 g/mol. The van der Waals surface area contributed by atoms with Crippen molar-refractivity contribution in [3.8, 4) is 0 Å². The van der Waals surface area contributed by atoms with Crippen molar-refractivity contribution in [2.45, 2.75) is 50.5 Å². The third kappa shape index (κ3) is 4.78. The van der Waals surface area contributed by atoms with Crippen molar-refractivity contribution >= 4 is 21.8 Å². The van der Waals surface area contributed by atoms with Gasteiger partial charge in [0, 0.05) is 43.7 Å². The summed E-state index contributed by atoms with van der Waals surface area (Å²) < 4.78 is 40.9. The predicted octanol–water partition coefficient (Wildman–Crippen LogP) is 1.99. The number of sulfonamides is 1. The lowest BCUT2D eigenvalue weighted by atomic mass is 10.0. The molecular weight excluding hydrogens is 397 g/mol. The number of rotatable bonds is 5. The third-order valence-electron chi connectivity index (χ3n) is 5.51. The van der Waals surface area contributed by atoms with Crippen LogP contribution < -0.4 is 5.32 Å². The smallest absolute Gasteiger partial charge is 0.251 e. The number of halogens is 1. The number of piperidine rings is 1. The predicted molar refractivity (Wildman–Crippen MR) is 106 cm³/mol. The Hall–Kier alpha value is -2.00. The Balaban J connectivity index is 1.67. The molecule has 1 aromatic carbocycles. The number of amides is 2. The molecule has 2 fully saturated rings. The molecule has 2 amide bonds. The lowest BCUT2D eigenvalue weighted by Crippen LogP contribution is -2.47. The summed E-state index contributed by atoms with van der Waals surface area (Å²) in [4.78, 5) is 26.0. The number of hydrogen-bond donors (Lipinski definition) is 1. The van der Waals surface area contributed by atoms with Gasteiger partial charge in [-0.15, -0.1) is 0 Å². The molecule has 1 N–H and O–H groups in total. The third-order valence-corrected chi connectivity index (χ3v) is 7.43. The molecule has 0 spiro atoms. The Morgan fingerprint density at radius 3 is 2.31 bits per heavy atom. The van der Waals surface area contributed by atoms with Gasteiger partial charge < -0.3 is 10.2 Å². The normalized spacial score (nSPS) is 19.0. The number of nitrogens with one attached hydrogen (secondary N) is 1. The van der Waals surface area contributed by atoms with E-state index in [1.54, 1.807) is 4.90 Å². The Morgan fingerprint density at radius 2 is 1.72 bits per heavy atom. The van der Waals surface area contributed by atoms with Crippen molar-refractivity contribution in [3.63, 3.8) is 0 Å². The first-order valence-electron chi connectivity index (χ1n) is 10.1. The molecule has 29 heavy (non-hydrogen) atoms. The number of benzene rings is 1. The zero-order valence-corrected chi connectivity index (χ0v) is 17.7. The van der Waals surface area contributed by atoms with Crippen molar-refractivity contribution in [3.05, 3.63) is 29.6 Å². The van der Waals surface area contributed by atoms with Gasteiger partial charge in [-0.05, 0) is 43.9 Å². The standard InChI is InChI=1S/C20H28FN3O4S/c1-14(2)20(26)23-11-7-16(8-12-23)22-19(25)15-5-6-17(21)18(13-15)29(27,28)24-9-3-4-10-24/h5-6,13-14,16H,3-4,7-12H2,1-2H3,(H,22,25). The molecule has 3 rings (SSSR count). The van der Waals surface area contributed by atoms with Gasteiger partial charge in [0.1, 0.15) is 10.7 Å². The van der Waals surface area contributed by atoms with Crippen LogP contribution in [0.2, 0.25) is 0 Å². The largest absolute Gasteiger partial charge is 0.349 e.